The first-order valence-electron chi connectivity index (χ1n) is 5.73. The molecule has 0 atom stereocenters. The number of aryl methyl sites for hydroxylation is 1. The molecule has 104 valence electrons. The second kappa shape index (κ2) is 7.11. The van der Waals surface area contributed by atoms with Crippen molar-refractivity contribution >= 4 is 29.2 Å². The van der Waals surface area contributed by atoms with E-state index >= 15 is 0 Å². The smallest absolute Gasteiger partial charge is 0.319 e. The number of methoxy groups -OCH3 is 1. The van der Waals surface area contributed by atoms with Gasteiger partial charge < -0.3 is 10.1 Å². The fourth-order valence-electron chi connectivity index (χ4n) is 1.54. The van der Waals surface area contributed by atoms with Crippen molar-refractivity contribution < 1.29 is 14.3 Å². The summed E-state index contributed by atoms with van der Waals surface area (Å²) in [6.45, 7) is 2.04. The number of esters is 1. The van der Waals surface area contributed by atoms with Gasteiger partial charge in [0, 0.05) is 10.7 Å². The van der Waals surface area contributed by atoms with Gasteiger partial charge in [0.15, 0.2) is 0 Å². The summed E-state index contributed by atoms with van der Waals surface area (Å²) >= 11 is 5.84. The Labute approximate surface area is 117 Å². The molecule has 0 aliphatic heterocycles. The number of ether oxygens (including phenoxy) is 1. The SMILES string of the molecule is COC(=O)CN(C)CC(=O)Nc1ccc(Cl)cc1C. The first kappa shape index (κ1) is 15.5. The predicted octanol–water partition coefficient (Wildman–Crippen LogP) is 1.69. The van der Waals surface area contributed by atoms with Crippen LogP contribution >= 0.6 is 11.6 Å². The van der Waals surface area contributed by atoms with Crippen LogP contribution in [0.5, 0.6) is 0 Å². The Hall–Kier alpha value is -1.59. The fourth-order valence-corrected chi connectivity index (χ4v) is 1.77. The van der Waals surface area contributed by atoms with Crippen LogP contribution < -0.4 is 5.32 Å². The van der Waals surface area contributed by atoms with Crippen LogP contribution in [0.1, 0.15) is 5.56 Å². The number of anilines is 1. The quantitative estimate of drug-likeness (QED) is 0.836. The molecule has 0 bridgehead atoms. The van der Waals surface area contributed by atoms with E-state index in [1.165, 1.54) is 7.11 Å². The number of benzene rings is 1. The minimum absolute atomic E-state index is 0.0729. The first-order valence-corrected chi connectivity index (χ1v) is 6.11. The Morgan fingerprint density at radius 1 is 1.37 bits per heavy atom. The van der Waals surface area contributed by atoms with E-state index in [2.05, 4.69) is 10.1 Å². The molecule has 5 nitrogen and oxygen atoms in total. The van der Waals surface area contributed by atoms with E-state index in [1.54, 1.807) is 30.1 Å². The number of rotatable bonds is 5. The van der Waals surface area contributed by atoms with E-state index in [0.717, 1.165) is 5.56 Å². The van der Waals surface area contributed by atoms with Crippen molar-refractivity contribution in [2.24, 2.45) is 0 Å². The molecule has 0 saturated heterocycles. The molecule has 1 amide bonds. The highest BCUT2D eigenvalue weighted by Crippen LogP contribution is 2.19. The van der Waals surface area contributed by atoms with Crippen molar-refractivity contribution in [2.75, 3.05) is 32.6 Å². The zero-order chi connectivity index (χ0) is 14.4. The van der Waals surface area contributed by atoms with E-state index in [9.17, 15) is 9.59 Å². The van der Waals surface area contributed by atoms with Gasteiger partial charge in [0.05, 0.1) is 20.2 Å². The number of amides is 1. The van der Waals surface area contributed by atoms with Gasteiger partial charge in [-0.2, -0.15) is 0 Å². The first-order chi connectivity index (χ1) is 8.92. The molecule has 0 unspecified atom stereocenters. The summed E-state index contributed by atoms with van der Waals surface area (Å²) in [6, 6.07) is 5.23. The monoisotopic (exact) mass is 284 g/mol. The zero-order valence-electron chi connectivity index (χ0n) is 11.2. The van der Waals surface area contributed by atoms with Crippen LogP contribution in [0.15, 0.2) is 18.2 Å². The molecule has 0 fully saturated rings. The molecule has 1 aromatic rings. The molecule has 1 rings (SSSR count). The summed E-state index contributed by atoms with van der Waals surface area (Å²) in [7, 11) is 2.98. The van der Waals surface area contributed by atoms with Crippen LogP contribution in [0.25, 0.3) is 0 Å². The third-order valence-electron chi connectivity index (χ3n) is 2.50. The van der Waals surface area contributed by atoms with Crippen LogP contribution in [0.4, 0.5) is 5.69 Å². The lowest BCUT2D eigenvalue weighted by Crippen LogP contribution is -2.34. The Morgan fingerprint density at radius 3 is 2.63 bits per heavy atom. The van der Waals surface area contributed by atoms with Gasteiger partial charge in [-0.05, 0) is 37.7 Å². The van der Waals surface area contributed by atoms with Gasteiger partial charge in [-0.25, -0.2) is 0 Å². The standard InChI is InChI=1S/C13H17ClN2O3/c1-9-6-10(14)4-5-11(9)15-12(17)7-16(2)8-13(18)19-3/h4-6H,7-8H2,1-3H3,(H,15,17). The Morgan fingerprint density at radius 2 is 2.05 bits per heavy atom. The predicted molar refractivity (Wildman–Crippen MR) is 74.3 cm³/mol. The van der Waals surface area contributed by atoms with Gasteiger partial charge in [-0.15, -0.1) is 0 Å². The van der Waals surface area contributed by atoms with Gasteiger partial charge in [0.1, 0.15) is 0 Å². The minimum Gasteiger partial charge on any atom is -0.468 e. The van der Waals surface area contributed by atoms with E-state index in [0.29, 0.717) is 10.7 Å². The normalized spacial score (nSPS) is 10.4. The van der Waals surface area contributed by atoms with E-state index < -0.39 is 0 Å². The molecule has 0 radical (unpaired) electrons. The number of nitrogens with zero attached hydrogens (tertiary/aromatic N) is 1. The van der Waals surface area contributed by atoms with Crippen molar-refractivity contribution in [1.82, 2.24) is 4.90 Å². The van der Waals surface area contributed by atoms with Crippen molar-refractivity contribution in [3.8, 4) is 0 Å². The lowest BCUT2D eigenvalue weighted by Gasteiger charge is -2.15. The molecular formula is C13H17ClN2O3. The largest absolute Gasteiger partial charge is 0.468 e. The van der Waals surface area contributed by atoms with Gasteiger partial charge in [-0.1, -0.05) is 11.6 Å². The van der Waals surface area contributed by atoms with Crippen LogP contribution in [0, 0.1) is 6.92 Å². The second-order valence-corrected chi connectivity index (χ2v) is 4.69. The highest BCUT2D eigenvalue weighted by atomic mass is 35.5. The summed E-state index contributed by atoms with van der Waals surface area (Å²) in [5.74, 6) is -0.574. The van der Waals surface area contributed by atoms with Crippen LogP contribution in [-0.2, 0) is 14.3 Å². The maximum Gasteiger partial charge on any atom is 0.319 e. The lowest BCUT2D eigenvalue weighted by molar-refractivity contribution is -0.141. The van der Waals surface area contributed by atoms with Crippen molar-refractivity contribution in [3.05, 3.63) is 28.8 Å². The summed E-state index contributed by atoms with van der Waals surface area (Å²) in [6.07, 6.45) is 0. The number of hydrogen-bond acceptors (Lipinski definition) is 4. The number of carbonyl (C=O) groups excluding carboxylic acids is 2. The second-order valence-electron chi connectivity index (χ2n) is 4.26. The van der Waals surface area contributed by atoms with E-state index in [4.69, 9.17) is 11.6 Å². The molecule has 0 aromatic heterocycles. The molecule has 1 N–H and O–H groups in total. The minimum atomic E-state index is -0.377. The third-order valence-corrected chi connectivity index (χ3v) is 2.74. The molecule has 0 spiro atoms. The number of carbonyl (C=O) groups is 2. The van der Waals surface area contributed by atoms with E-state index in [-0.39, 0.29) is 25.0 Å². The lowest BCUT2D eigenvalue weighted by atomic mass is 10.2. The molecule has 19 heavy (non-hydrogen) atoms. The van der Waals surface area contributed by atoms with Gasteiger partial charge in [0.2, 0.25) is 5.91 Å². The van der Waals surface area contributed by atoms with Crippen LogP contribution in [0.2, 0.25) is 5.02 Å². The fraction of sp³-hybridized carbons (Fsp3) is 0.385. The number of likely N-dealkylation sites (N-methyl/N-ethyl adjacent to an activating group) is 1. The highest BCUT2D eigenvalue weighted by molar-refractivity contribution is 6.30. The number of nitrogens with one attached hydrogen (secondary N) is 1. The molecule has 0 saturated carbocycles. The maximum absolute atomic E-state index is 11.8. The summed E-state index contributed by atoms with van der Waals surface area (Å²) in [5, 5.41) is 3.39. The number of halogens is 1. The van der Waals surface area contributed by atoms with Gasteiger partial charge in [-0.3, -0.25) is 14.5 Å². The molecule has 0 aliphatic carbocycles. The van der Waals surface area contributed by atoms with Gasteiger partial charge >= 0.3 is 5.97 Å². The van der Waals surface area contributed by atoms with Gasteiger partial charge in [0.25, 0.3) is 0 Å². The van der Waals surface area contributed by atoms with Crippen LogP contribution in [-0.4, -0.2) is 44.0 Å². The molecule has 6 heteroatoms. The summed E-state index contributed by atoms with van der Waals surface area (Å²) in [4.78, 5) is 24.4. The van der Waals surface area contributed by atoms with Crippen molar-refractivity contribution in [1.29, 1.82) is 0 Å². The number of hydrogen-bond donors (Lipinski definition) is 1. The average Bonchev–Trinajstić information content (AvgIpc) is 2.32. The van der Waals surface area contributed by atoms with Crippen molar-refractivity contribution in [2.45, 2.75) is 6.92 Å². The Bertz CT molecular complexity index is 477. The zero-order valence-corrected chi connectivity index (χ0v) is 12.0. The van der Waals surface area contributed by atoms with Crippen LogP contribution in [0.3, 0.4) is 0 Å². The van der Waals surface area contributed by atoms with E-state index in [1.807, 2.05) is 6.92 Å². The molecular weight excluding hydrogens is 268 g/mol. The average molecular weight is 285 g/mol. The summed E-state index contributed by atoms with van der Waals surface area (Å²) < 4.78 is 4.53. The summed E-state index contributed by atoms with van der Waals surface area (Å²) in [5.41, 5.74) is 1.59. The highest BCUT2D eigenvalue weighted by Gasteiger charge is 2.11. The molecule has 0 heterocycles. The van der Waals surface area contributed by atoms with Crippen molar-refractivity contribution in [3.63, 3.8) is 0 Å². The molecule has 0 aliphatic rings. The Balaban J connectivity index is 2.53. The third kappa shape index (κ3) is 5.28. The molecule has 1 aromatic carbocycles. The topological polar surface area (TPSA) is 58.6 Å². The Kier molecular flexibility index (Phi) is 5.79. The maximum atomic E-state index is 11.8.